The number of hydrogen-bond acceptors (Lipinski definition) is 4. The van der Waals surface area contributed by atoms with Crippen molar-refractivity contribution in [1.82, 2.24) is 10.3 Å². The van der Waals surface area contributed by atoms with Gasteiger partial charge in [-0.1, -0.05) is 6.92 Å². The van der Waals surface area contributed by atoms with Gasteiger partial charge in [0.25, 0.3) is 0 Å². The van der Waals surface area contributed by atoms with Crippen molar-refractivity contribution in [3.05, 3.63) is 24.0 Å². The van der Waals surface area contributed by atoms with Crippen LogP contribution in [0, 0.1) is 5.92 Å². The van der Waals surface area contributed by atoms with Gasteiger partial charge >= 0.3 is 5.97 Å². The van der Waals surface area contributed by atoms with Crippen molar-refractivity contribution in [2.24, 2.45) is 5.92 Å². The number of aromatic nitrogens is 1. The predicted octanol–water partition coefficient (Wildman–Crippen LogP) is 0.645. The van der Waals surface area contributed by atoms with Crippen LogP contribution in [0.4, 0.5) is 5.69 Å². The molecule has 2 atom stereocenters. The van der Waals surface area contributed by atoms with Crippen LogP contribution in [0.15, 0.2) is 18.3 Å². The number of nitrogens with one attached hydrogen (secondary N) is 2. The number of carbonyl (C=O) groups is 2. The molecule has 0 saturated carbocycles. The number of rotatable bonds is 4. The van der Waals surface area contributed by atoms with Crippen molar-refractivity contribution in [3.63, 3.8) is 0 Å². The second-order valence-corrected chi connectivity index (χ2v) is 4.80. The molecule has 1 saturated heterocycles. The van der Waals surface area contributed by atoms with Crippen LogP contribution in [0.1, 0.15) is 19.0 Å². The van der Waals surface area contributed by atoms with Crippen molar-refractivity contribution in [3.8, 4) is 0 Å². The molecule has 1 aliphatic heterocycles. The molecule has 1 aliphatic rings. The van der Waals surface area contributed by atoms with Crippen LogP contribution in [0.3, 0.4) is 0 Å². The fourth-order valence-corrected chi connectivity index (χ4v) is 2.16. The molecule has 1 amide bonds. The minimum absolute atomic E-state index is 0.0715. The van der Waals surface area contributed by atoms with Gasteiger partial charge in [0.05, 0.1) is 30.0 Å². The van der Waals surface area contributed by atoms with Crippen LogP contribution >= 0.6 is 0 Å². The van der Waals surface area contributed by atoms with E-state index in [1.165, 1.54) is 6.20 Å². The number of carbonyl (C=O) groups excluding carboxylic acids is 1. The van der Waals surface area contributed by atoms with Crippen molar-refractivity contribution in [2.45, 2.75) is 25.8 Å². The normalized spacial score (nSPS) is 22.2. The molecule has 6 heteroatoms. The average Bonchev–Trinajstić information content (AvgIpc) is 2.77. The molecular formula is C13H17N3O3. The first kappa shape index (κ1) is 13.5. The highest BCUT2D eigenvalue weighted by atomic mass is 16.4. The van der Waals surface area contributed by atoms with Gasteiger partial charge in [-0.05, 0) is 31.0 Å². The monoisotopic (exact) mass is 263 g/mol. The Hall–Kier alpha value is -1.95. The maximum Gasteiger partial charge on any atom is 0.309 e. The topological polar surface area (TPSA) is 91.3 Å². The molecule has 0 bridgehead atoms. The minimum atomic E-state index is -0.923. The van der Waals surface area contributed by atoms with Crippen LogP contribution in [0.5, 0.6) is 0 Å². The Kier molecular flexibility index (Phi) is 4.11. The predicted molar refractivity (Wildman–Crippen MR) is 69.8 cm³/mol. The number of pyridine rings is 1. The van der Waals surface area contributed by atoms with E-state index in [-0.39, 0.29) is 18.4 Å². The highest BCUT2D eigenvalue weighted by Gasteiger charge is 2.29. The van der Waals surface area contributed by atoms with Gasteiger partial charge in [0, 0.05) is 0 Å². The zero-order valence-electron chi connectivity index (χ0n) is 10.7. The number of hydrogen-bond donors (Lipinski definition) is 3. The van der Waals surface area contributed by atoms with Gasteiger partial charge in [-0.2, -0.15) is 0 Å². The average molecular weight is 263 g/mol. The first-order chi connectivity index (χ1) is 9.06. The smallest absolute Gasteiger partial charge is 0.309 e. The minimum Gasteiger partial charge on any atom is -0.481 e. The Bertz CT molecular complexity index is 473. The van der Waals surface area contributed by atoms with E-state index < -0.39 is 5.97 Å². The standard InChI is InChI=1S/C13H17N3O3/c1-8-4-5-14-12(8)13(19)16-10-3-2-9(15-7-10)6-11(17)18/h2-3,7-8,12,14H,4-6H2,1H3,(H,16,19)(H,17,18). The van der Waals surface area contributed by atoms with Crippen molar-refractivity contribution in [2.75, 3.05) is 11.9 Å². The van der Waals surface area contributed by atoms with E-state index in [1.54, 1.807) is 12.1 Å². The molecule has 0 radical (unpaired) electrons. The van der Waals surface area contributed by atoms with Crippen LogP contribution in [0.2, 0.25) is 0 Å². The SMILES string of the molecule is CC1CCNC1C(=O)Nc1ccc(CC(=O)O)nc1. The summed E-state index contributed by atoms with van der Waals surface area (Å²) in [6, 6.07) is 3.11. The van der Waals surface area contributed by atoms with E-state index >= 15 is 0 Å². The van der Waals surface area contributed by atoms with Gasteiger partial charge in [-0.15, -0.1) is 0 Å². The summed E-state index contributed by atoms with van der Waals surface area (Å²) in [7, 11) is 0. The lowest BCUT2D eigenvalue weighted by Crippen LogP contribution is -2.39. The Morgan fingerprint density at radius 2 is 2.32 bits per heavy atom. The van der Waals surface area contributed by atoms with Crippen LogP contribution in [-0.2, 0) is 16.0 Å². The number of nitrogens with zero attached hydrogens (tertiary/aromatic N) is 1. The molecule has 19 heavy (non-hydrogen) atoms. The molecule has 6 nitrogen and oxygen atoms in total. The molecule has 1 aromatic rings. The van der Waals surface area contributed by atoms with Gasteiger partial charge in [0.2, 0.25) is 5.91 Å². The summed E-state index contributed by atoms with van der Waals surface area (Å²) in [5, 5.41) is 14.6. The van der Waals surface area contributed by atoms with Crippen molar-refractivity contribution < 1.29 is 14.7 Å². The number of carboxylic acid groups (broad SMARTS) is 1. The third-order valence-electron chi connectivity index (χ3n) is 3.24. The number of anilines is 1. The Morgan fingerprint density at radius 1 is 1.53 bits per heavy atom. The summed E-state index contributed by atoms with van der Waals surface area (Å²) in [5.41, 5.74) is 1.05. The van der Waals surface area contributed by atoms with Gasteiger partial charge in [-0.3, -0.25) is 14.6 Å². The van der Waals surface area contributed by atoms with Crippen LogP contribution in [-0.4, -0.2) is 34.6 Å². The Morgan fingerprint density at radius 3 is 2.84 bits per heavy atom. The maximum atomic E-state index is 12.0. The van der Waals surface area contributed by atoms with E-state index in [9.17, 15) is 9.59 Å². The second kappa shape index (κ2) is 5.79. The van der Waals surface area contributed by atoms with E-state index in [4.69, 9.17) is 5.11 Å². The fraction of sp³-hybridized carbons (Fsp3) is 0.462. The zero-order valence-corrected chi connectivity index (χ0v) is 10.7. The lowest BCUT2D eigenvalue weighted by atomic mass is 10.0. The molecule has 2 rings (SSSR count). The first-order valence-electron chi connectivity index (χ1n) is 6.27. The highest BCUT2D eigenvalue weighted by Crippen LogP contribution is 2.16. The van der Waals surface area contributed by atoms with Crippen molar-refractivity contribution in [1.29, 1.82) is 0 Å². The van der Waals surface area contributed by atoms with Gasteiger partial charge < -0.3 is 15.7 Å². The molecule has 1 aromatic heterocycles. The molecule has 3 N–H and O–H groups in total. The molecule has 1 fully saturated rings. The molecule has 2 heterocycles. The molecule has 0 aliphatic carbocycles. The molecule has 2 unspecified atom stereocenters. The summed E-state index contributed by atoms with van der Waals surface area (Å²) in [5.74, 6) is -0.676. The van der Waals surface area contributed by atoms with E-state index in [1.807, 2.05) is 6.92 Å². The van der Waals surface area contributed by atoms with E-state index in [2.05, 4.69) is 15.6 Å². The first-order valence-corrected chi connectivity index (χ1v) is 6.27. The summed E-state index contributed by atoms with van der Waals surface area (Å²) in [6.45, 7) is 2.90. The highest BCUT2D eigenvalue weighted by molar-refractivity contribution is 5.95. The van der Waals surface area contributed by atoms with Crippen LogP contribution < -0.4 is 10.6 Å². The number of carboxylic acids is 1. The maximum absolute atomic E-state index is 12.0. The lowest BCUT2D eigenvalue weighted by Gasteiger charge is -2.15. The summed E-state index contributed by atoms with van der Waals surface area (Å²) >= 11 is 0. The third-order valence-corrected chi connectivity index (χ3v) is 3.24. The number of aliphatic carboxylic acids is 1. The van der Waals surface area contributed by atoms with Crippen molar-refractivity contribution >= 4 is 17.6 Å². The number of amides is 1. The third kappa shape index (κ3) is 3.51. The largest absolute Gasteiger partial charge is 0.481 e. The zero-order chi connectivity index (χ0) is 13.8. The summed E-state index contributed by atoms with van der Waals surface area (Å²) < 4.78 is 0. The van der Waals surface area contributed by atoms with Gasteiger partial charge in [0.1, 0.15) is 0 Å². The fourth-order valence-electron chi connectivity index (χ4n) is 2.16. The Balaban J connectivity index is 1.95. The van der Waals surface area contributed by atoms with E-state index in [0.29, 0.717) is 17.3 Å². The Labute approximate surface area is 111 Å². The van der Waals surface area contributed by atoms with Crippen LogP contribution in [0.25, 0.3) is 0 Å². The van der Waals surface area contributed by atoms with E-state index in [0.717, 1.165) is 13.0 Å². The second-order valence-electron chi connectivity index (χ2n) is 4.80. The quantitative estimate of drug-likeness (QED) is 0.741. The van der Waals surface area contributed by atoms with Gasteiger partial charge in [-0.25, -0.2) is 0 Å². The molecule has 0 spiro atoms. The molecule has 102 valence electrons. The summed E-state index contributed by atoms with van der Waals surface area (Å²) in [4.78, 5) is 26.5. The molecule has 0 aromatic carbocycles. The molecular weight excluding hydrogens is 246 g/mol. The van der Waals surface area contributed by atoms with Gasteiger partial charge in [0.15, 0.2) is 0 Å². The summed E-state index contributed by atoms with van der Waals surface area (Å²) in [6.07, 6.45) is 2.36. The lowest BCUT2D eigenvalue weighted by molar-refractivity contribution is -0.136.